The summed E-state index contributed by atoms with van der Waals surface area (Å²) in [5.41, 5.74) is 2.31. The minimum absolute atomic E-state index is 0.906. The van der Waals surface area contributed by atoms with Crippen LogP contribution in [0.5, 0.6) is 0 Å². The molecule has 0 bridgehead atoms. The molecule has 2 heterocycles. The first-order valence-electron chi connectivity index (χ1n) is 6.46. The van der Waals surface area contributed by atoms with Gasteiger partial charge in [0.15, 0.2) is 0 Å². The van der Waals surface area contributed by atoms with E-state index in [9.17, 15) is 0 Å². The lowest BCUT2D eigenvalue weighted by atomic mass is 10.3. The van der Waals surface area contributed by atoms with Gasteiger partial charge in [-0.25, -0.2) is 4.52 Å². The molecule has 0 saturated heterocycles. The van der Waals surface area contributed by atoms with Crippen LogP contribution in [0.25, 0.3) is 5.52 Å². The van der Waals surface area contributed by atoms with Crippen LogP contribution < -0.4 is 5.32 Å². The van der Waals surface area contributed by atoms with Gasteiger partial charge in [0.1, 0.15) is 0 Å². The highest BCUT2D eigenvalue weighted by atomic mass is 15.2. The van der Waals surface area contributed by atoms with E-state index in [0.29, 0.717) is 0 Å². The maximum Gasteiger partial charge on any atom is 0.0889 e. The molecule has 0 radical (unpaired) electrons. The molecule has 2 rings (SSSR count). The van der Waals surface area contributed by atoms with Gasteiger partial charge in [0, 0.05) is 37.6 Å². The number of hydrogen-bond acceptors (Lipinski definition) is 4. The van der Waals surface area contributed by atoms with Crippen molar-refractivity contribution in [1.82, 2.24) is 24.8 Å². The number of aromatic nitrogens is 3. The average molecular weight is 247 g/mol. The van der Waals surface area contributed by atoms with Gasteiger partial charge in [0.25, 0.3) is 0 Å². The predicted octanol–water partition coefficient (Wildman–Crippen LogP) is 1.16. The van der Waals surface area contributed by atoms with Crippen molar-refractivity contribution in [2.24, 2.45) is 0 Å². The summed E-state index contributed by atoms with van der Waals surface area (Å²) in [6, 6.07) is 0. The van der Waals surface area contributed by atoms with Gasteiger partial charge < -0.3 is 10.2 Å². The normalized spacial score (nSPS) is 11.5. The molecule has 5 nitrogen and oxygen atoms in total. The first-order chi connectivity index (χ1) is 8.81. The van der Waals surface area contributed by atoms with Crippen LogP contribution >= 0.6 is 0 Å². The van der Waals surface area contributed by atoms with Gasteiger partial charge in [-0.15, -0.1) is 0 Å². The van der Waals surface area contributed by atoms with Gasteiger partial charge in [-0.3, -0.25) is 4.98 Å². The second kappa shape index (κ2) is 6.47. The molecule has 5 heteroatoms. The van der Waals surface area contributed by atoms with E-state index in [2.05, 4.69) is 34.3 Å². The van der Waals surface area contributed by atoms with Crippen molar-refractivity contribution >= 4 is 5.52 Å². The molecule has 0 aliphatic rings. The average Bonchev–Trinajstić information content (AvgIpc) is 2.78. The van der Waals surface area contributed by atoms with Gasteiger partial charge in [0.2, 0.25) is 0 Å². The third-order valence-electron chi connectivity index (χ3n) is 2.94. The Morgan fingerprint density at radius 2 is 2.22 bits per heavy atom. The highest BCUT2D eigenvalue weighted by Crippen LogP contribution is 2.10. The molecule has 0 spiro atoms. The Bertz CT molecular complexity index is 479. The number of likely N-dealkylation sites (N-methyl/N-ethyl adjacent to an activating group) is 1. The van der Waals surface area contributed by atoms with Gasteiger partial charge >= 0.3 is 0 Å². The standard InChI is InChI=1S/C13H21N5/c1-3-4-14-5-7-17(2)11-12-9-16-18-8-6-15-10-13(12)18/h6,8-10,14H,3-5,7,11H2,1-2H3. The fourth-order valence-electron chi connectivity index (χ4n) is 1.95. The number of fused-ring (bicyclic) bond motifs is 1. The largest absolute Gasteiger partial charge is 0.315 e. The zero-order chi connectivity index (χ0) is 12.8. The van der Waals surface area contributed by atoms with E-state index in [0.717, 1.165) is 31.7 Å². The number of nitrogens with zero attached hydrogens (tertiary/aromatic N) is 4. The van der Waals surface area contributed by atoms with Crippen LogP contribution in [0.1, 0.15) is 18.9 Å². The fourth-order valence-corrected chi connectivity index (χ4v) is 1.95. The second-order valence-electron chi connectivity index (χ2n) is 4.56. The van der Waals surface area contributed by atoms with Crippen LogP contribution in [0.15, 0.2) is 24.8 Å². The monoisotopic (exact) mass is 247 g/mol. The quantitative estimate of drug-likeness (QED) is 0.746. The van der Waals surface area contributed by atoms with E-state index in [1.807, 2.05) is 23.1 Å². The van der Waals surface area contributed by atoms with Crippen molar-refractivity contribution in [3.63, 3.8) is 0 Å². The Labute approximate surface area is 108 Å². The zero-order valence-electron chi connectivity index (χ0n) is 11.1. The zero-order valence-corrected chi connectivity index (χ0v) is 11.1. The molecule has 0 aromatic carbocycles. The highest BCUT2D eigenvalue weighted by molar-refractivity contribution is 5.51. The predicted molar refractivity (Wildman–Crippen MR) is 72.5 cm³/mol. The van der Waals surface area contributed by atoms with Crippen LogP contribution in [0.3, 0.4) is 0 Å². The highest BCUT2D eigenvalue weighted by Gasteiger charge is 2.06. The SMILES string of the molecule is CCCNCCN(C)Cc1cnn2ccncc12. The lowest BCUT2D eigenvalue weighted by Gasteiger charge is -2.16. The van der Waals surface area contributed by atoms with Crippen molar-refractivity contribution in [2.75, 3.05) is 26.7 Å². The second-order valence-corrected chi connectivity index (χ2v) is 4.56. The molecule has 0 fully saturated rings. The molecule has 0 aliphatic carbocycles. The Morgan fingerprint density at radius 3 is 3.06 bits per heavy atom. The van der Waals surface area contributed by atoms with Crippen LogP contribution in [0, 0.1) is 0 Å². The Hall–Kier alpha value is -1.46. The van der Waals surface area contributed by atoms with Gasteiger partial charge in [0.05, 0.1) is 17.9 Å². The maximum atomic E-state index is 4.32. The van der Waals surface area contributed by atoms with E-state index >= 15 is 0 Å². The van der Waals surface area contributed by atoms with Crippen molar-refractivity contribution in [1.29, 1.82) is 0 Å². The number of rotatable bonds is 7. The van der Waals surface area contributed by atoms with Crippen molar-refractivity contribution in [3.8, 4) is 0 Å². The van der Waals surface area contributed by atoms with Crippen LogP contribution in [-0.2, 0) is 6.54 Å². The van der Waals surface area contributed by atoms with Crippen LogP contribution in [0.2, 0.25) is 0 Å². The Balaban J connectivity index is 1.88. The Kier molecular flexibility index (Phi) is 4.66. The van der Waals surface area contributed by atoms with E-state index in [1.54, 1.807) is 6.20 Å². The smallest absolute Gasteiger partial charge is 0.0889 e. The molecular formula is C13H21N5. The molecule has 1 N–H and O–H groups in total. The summed E-state index contributed by atoms with van der Waals surface area (Å²) in [6.45, 7) is 6.25. The third-order valence-corrected chi connectivity index (χ3v) is 2.94. The molecule has 0 atom stereocenters. The lowest BCUT2D eigenvalue weighted by molar-refractivity contribution is 0.325. The molecule has 2 aromatic heterocycles. The first kappa shape index (κ1) is 13.0. The molecule has 0 saturated carbocycles. The van der Waals surface area contributed by atoms with Crippen LogP contribution in [-0.4, -0.2) is 46.2 Å². The molecular weight excluding hydrogens is 226 g/mol. The van der Waals surface area contributed by atoms with Crippen molar-refractivity contribution < 1.29 is 0 Å². The third kappa shape index (κ3) is 3.27. The minimum atomic E-state index is 0.906. The van der Waals surface area contributed by atoms with Gasteiger partial charge in [-0.1, -0.05) is 6.92 Å². The van der Waals surface area contributed by atoms with Gasteiger partial charge in [-0.2, -0.15) is 5.10 Å². The number of hydrogen-bond donors (Lipinski definition) is 1. The molecule has 2 aromatic rings. The van der Waals surface area contributed by atoms with Crippen LogP contribution in [0.4, 0.5) is 0 Å². The summed E-state index contributed by atoms with van der Waals surface area (Å²) in [6.07, 6.45) is 8.60. The summed E-state index contributed by atoms with van der Waals surface area (Å²) in [5.74, 6) is 0. The molecule has 98 valence electrons. The minimum Gasteiger partial charge on any atom is -0.315 e. The van der Waals surface area contributed by atoms with E-state index < -0.39 is 0 Å². The van der Waals surface area contributed by atoms with Crippen molar-refractivity contribution in [2.45, 2.75) is 19.9 Å². The lowest BCUT2D eigenvalue weighted by Crippen LogP contribution is -2.29. The topological polar surface area (TPSA) is 45.5 Å². The molecule has 0 amide bonds. The summed E-state index contributed by atoms with van der Waals surface area (Å²) >= 11 is 0. The first-order valence-corrected chi connectivity index (χ1v) is 6.46. The Morgan fingerprint density at radius 1 is 1.33 bits per heavy atom. The molecule has 0 unspecified atom stereocenters. The summed E-state index contributed by atoms with van der Waals surface area (Å²) in [7, 11) is 2.13. The van der Waals surface area contributed by atoms with E-state index in [-0.39, 0.29) is 0 Å². The fraction of sp³-hybridized carbons (Fsp3) is 0.538. The summed E-state index contributed by atoms with van der Waals surface area (Å²) < 4.78 is 1.87. The summed E-state index contributed by atoms with van der Waals surface area (Å²) in [4.78, 5) is 6.45. The molecule has 18 heavy (non-hydrogen) atoms. The van der Waals surface area contributed by atoms with Gasteiger partial charge in [-0.05, 0) is 20.0 Å². The van der Waals surface area contributed by atoms with Crippen molar-refractivity contribution in [3.05, 3.63) is 30.4 Å². The maximum absolute atomic E-state index is 4.32. The molecule has 0 aliphatic heterocycles. The van der Waals surface area contributed by atoms with E-state index in [4.69, 9.17) is 0 Å². The van der Waals surface area contributed by atoms with E-state index in [1.165, 1.54) is 12.0 Å². The number of nitrogens with one attached hydrogen (secondary N) is 1. The summed E-state index contributed by atoms with van der Waals surface area (Å²) in [5, 5.41) is 7.72.